The van der Waals surface area contributed by atoms with Gasteiger partial charge in [-0.05, 0) is 24.8 Å². The molecule has 0 aromatic carbocycles. The van der Waals surface area contributed by atoms with Gasteiger partial charge in [0.2, 0.25) is 11.8 Å². The molecule has 0 bridgehead atoms. The fraction of sp³-hybridized carbons (Fsp3) is 0.591. The lowest BCUT2D eigenvalue weighted by atomic mass is 9.79. The van der Waals surface area contributed by atoms with E-state index >= 15 is 0 Å². The molecule has 0 aliphatic carbocycles. The van der Waals surface area contributed by atoms with Crippen LogP contribution in [-0.4, -0.2) is 86.8 Å². The molecule has 4 rings (SSSR count). The number of amides is 2. The number of nitrogens with zero attached hydrogens (tertiary/aromatic N) is 3. The Labute approximate surface area is 195 Å². The molecule has 0 unspecified atom stereocenters. The first-order chi connectivity index (χ1) is 15.1. The fourth-order valence-electron chi connectivity index (χ4n) is 5.14. The van der Waals surface area contributed by atoms with E-state index in [1.54, 1.807) is 37.3 Å². The van der Waals surface area contributed by atoms with E-state index in [1.807, 2.05) is 18.4 Å². The quantitative estimate of drug-likeness (QED) is 0.574. The highest BCUT2D eigenvalue weighted by Crippen LogP contribution is 2.52. The Balaban J connectivity index is 1.57. The number of hydrogen-bond donors (Lipinski definition) is 2. The normalized spacial score (nSPS) is 31.0. The van der Waals surface area contributed by atoms with Gasteiger partial charge in [-0.25, -0.2) is 4.79 Å². The summed E-state index contributed by atoms with van der Waals surface area (Å²) in [6.45, 7) is 4.85. The summed E-state index contributed by atoms with van der Waals surface area (Å²) in [5.74, 6) is -2.13. The molecule has 8 nitrogen and oxygen atoms in total. The number of thiophene rings is 1. The minimum absolute atomic E-state index is 0.0365. The minimum atomic E-state index is -1.12. The maximum absolute atomic E-state index is 12.9. The molecule has 0 saturated carbocycles. The molecule has 0 spiro atoms. The van der Waals surface area contributed by atoms with Gasteiger partial charge in [-0.2, -0.15) is 0 Å². The van der Waals surface area contributed by atoms with E-state index in [9.17, 15) is 24.6 Å². The van der Waals surface area contributed by atoms with Gasteiger partial charge in [-0.3, -0.25) is 14.5 Å². The SMILES string of the molecule is C[C@@H](O)[C@H]1C(=O)N2C(C(=O)O)=C(S[C@H]3C[C@@H](C(=O)N(C)C)N(Cc4cccs4)C3)[C@H](C)[C@H]12. The highest BCUT2D eigenvalue weighted by Gasteiger charge is 2.60. The van der Waals surface area contributed by atoms with Gasteiger partial charge < -0.3 is 20.0 Å². The first kappa shape index (κ1) is 23.3. The molecule has 2 N–H and O–H groups in total. The van der Waals surface area contributed by atoms with Crippen LogP contribution in [0.4, 0.5) is 0 Å². The van der Waals surface area contributed by atoms with E-state index in [1.165, 1.54) is 21.5 Å². The molecule has 2 amide bonds. The van der Waals surface area contributed by atoms with E-state index in [-0.39, 0.29) is 40.8 Å². The van der Waals surface area contributed by atoms with Gasteiger partial charge in [-0.1, -0.05) is 13.0 Å². The number of fused-ring (bicyclic) bond motifs is 1. The molecule has 10 heteroatoms. The molecule has 2 saturated heterocycles. The second kappa shape index (κ2) is 8.81. The largest absolute Gasteiger partial charge is 0.477 e. The number of likely N-dealkylation sites (tertiary alicyclic amines) is 1. The maximum Gasteiger partial charge on any atom is 0.353 e. The van der Waals surface area contributed by atoms with Gasteiger partial charge in [0, 0.05) is 48.1 Å². The van der Waals surface area contributed by atoms with Gasteiger partial charge in [0.25, 0.3) is 0 Å². The van der Waals surface area contributed by atoms with E-state index < -0.39 is 18.0 Å². The maximum atomic E-state index is 12.9. The van der Waals surface area contributed by atoms with E-state index in [0.717, 1.165) is 0 Å². The van der Waals surface area contributed by atoms with Crippen molar-refractivity contribution in [1.29, 1.82) is 0 Å². The van der Waals surface area contributed by atoms with E-state index in [0.29, 0.717) is 24.4 Å². The Morgan fingerprint density at radius 2 is 2.09 bits per heavy atom. The summed E-state index contributed by atoms with van der Waals surface area (Å²) in [5, 5.41) is 22.0. The van der Waals surface area contributed by atoms with Crippen molar-refractivity contribution >= 4 is 40.9 Å². The number of β-lactam (4-membered cyclic amide) rings is 1. The number of likely N-dealkylation sites (N-methyl/N-ethyl adjacent to an activating group) is 1. The Hall–Kier alpha value is -1.88. The average Bonchev–Trinajstić information content (AvgIpc) is 3.41. The zero-order valence-corrected chi connectivity index (χ0v) is 20.2. The molecule has 32 heavy (non-hydrogen) atoms. The molecule has 1 aromatic rings. The molecule has 1 aromatic heterocycles. The molecule has 174 valence electrons. The highest BCUT2D eigenvalue weighted by atomic mass is 32.2. The molecule has 4 heterocycles. The average molecular weight is 480 g/mol. The zero-order valence-electron chi connectivity index (χ0n) is 18.6. The second-order valence-corrected chi connectivity index (χ2v) is 11.4. The Bertz CT molecular complexity index is 945. The summed E-state index contributed by atoms with van der Waals surface area (Å²) in [4.78, 5) is 44.5. The Kier molecular flexibility index (Phi) is 6.41. The summed E-state index contributed by atoms with van der Waals surface area (Å²) < 4.78 is 0. The number of carboxylic acid groups (broad SMARTS) is 1. The van der Waals surface area contributed by atoms with Crippen LogP contribution >= 0.6 is 23.1 Å². The van der Waals surface area contributed by atoms with Crippen molar-refractivity contribution in [3.63, 3.8) is 0 Å². The van der Waals surface area contributed by atoms with Crippen molar-refractivity contribution in [2.24, 2.45) is 11.8 Å². The summed E-state index contributed by atoms with van der Waals surface area (Å²) >= 11 is 3.14. The third-order valence-electron chi connectivity index (χ3n) is 6.63. The number of thioether (sulfide) groups is 1. The zero-order chi connectivity index (χ0) is 23.3. The third-order valence-corrected chi connectivity index (χ3v) is 8.99. The first-order valence-electron chi connectivity index (χ1n) is 10.7. The van der Waals surface area contributed by atoms with Crippen LogP contribution in [0.25, 0.3) is 0 Å². The fourth-order valence-corrected chi connectivity index (χ4v) is 7.42. The van der Waals surface area contributed by atoms with Crippen LogP contribution in [0.3, 0.4) is 0 Å². The number of carbonyl (C=O) groups excluding carboxylic acids is 2. The molecule has 0 radical (unpaired) electrons. The van der Waals surface area contributed by atoms with Crippen LogP contribution in [0.1, 0.15) is 25.1 Å². The van der Waals surface area contributed by atoms with Crippen molar-refractivity contribution in [2.75, 3.05) is 20.6 Å². The lowest BCUT2D eigenvalue weighted by Crippen LogP contribution is -2.63. The standard InChI is InChI=1S/C22H29N3O5S2/c1-11-17-16(12(2)26)21(28)25(17)18(22(29)30)19(11)32-14-8-15(20(27)23(3)4)24(10-14)9-13-6-5-7-31-13/h5-7,11-12,14-17,26H,8-10H2,1-4H3,(H,29,30)/t11-,12-,14+,15+,16-,17-/m1/s1. The van der Waals surface area contributed by atoms with E-state index in [2.05, 4.69) is 11.0 Å². The predicted octanol–water partition coefficient (Wildman–Crippen LogP) is 1.67. The first-order valence-corrected chi connectivity index (χ1v) is 12.5. The monoisotopic (exact) mass is 479 g/mol. The number of carboxylic acids is 1. The Morgan fingerprint density at radius 3 is 2.66 bits per heavy atom. The number of aliphatic hydroxyl groups is 1. The smallest absolute Gasteiger partial charge is 0.353 e. The van der Waals surface area contributed by atoms with Crippen LogP contribution < -0.4 is 0 Å². The van der Waals surface area contributed by atoms with Crippen molar-refractivity contribution in [3.05, 3.63) is 33.0 Å². The molecular weight excluding hydrogens is 450 g/mol. The van der Waals surface area contributed by atoms with Crippen LogP contribution in [0.2, 0.25) is 0 Å². The molecule has 2 fully saturated rings. The van der Waals surface area contributed by atoms with Crippen molar-refractivity contribution < 1.29 is 24.6 Å². The molecule has 6 atom stereocenters. The molecule has 3 aliphatic rings. The van der Waals surface area contributed by atoms with Crippen molar-refractivity contribution in [1.82, 2.24) is 14.7 Å². The number of carbonyl (C=O) groups is 3. The van der Waals surface area contributed by atoms with Crippen LogP contribution in [-0.2, 0) is 20.9 Å². The van der Waals surface area contributed by atoms with Gasteiger partial charge in [0.05, 0.1) is 24.1 Å². The van der Waals surface area contributed by atoms with Crippen molar-refractivity contribution in [3.8, 4) is 0 Å². The summed E-state index contributed by atoms with van der Waals surface area (Å²) in [7, 11) is 3.51. The van der Waals surface area contributed by atoms with Crippen LogP contribution in [0.5, 0.6) is 0 Å². The summed E-state index contributed by atoms with van der Waals surface area (Å²) in [6, 6.07) is 3.46. The molecular formula is C22H29N3O5S2. The lowest BCUT2D eigenvalue weighted by Gasteiger charge is -2.46. The second-order valence-electron chi connectivity index (χ2n) is 9.00. The predicted molar refractivity (Wildman–Crippen MR) is 123 cm³/mol. The van der Waals surface area contributed by atoms with Gasteiger partial charge in [0.1, 0.15) is 5.70 Å². The summed E-state index contributed by atoms with van der Waals surface area (Å²) in [5.41, 5.74) is 0.0431. The number of hydrogen-bond acceptors (Lipinski definition) is 7. The number of rotatable bonds is 7. The lowest BCUT2D eigenvalue weighted by molar-refractivity contribution is -0.163. The minimum Gasteiger partial charge on any atom is -0.477 e. The topological polar surface area (TPSA) is 101 Å². The van der Waals surface area contributed by atoms with Gasteiger partial charge >= 0.3 is 5.97 Å². The van der Waals surface area contributed by atoms with E-state index in [4.69, 9.17) is 0 Å². The Morgan fingerprint density at radius 1 is 1.38 bits per heavy atom. The summed E-state index contributed by atoms with van der Waals surface area (Å²) in [6.07, 6.45) is -0.199. The third kappa shape index (κ3) is 3.87. The van der Waals surface area contributed by atoms with Crippen LogP contribution in [0, 0.1) is 11.8 Å². The highest BCUT2D eigenvalue weighted by molar-refractivity contribution is 8.03. The van der Waals surface area contributed by atoms with Gasteiger partial charge in [0.15, 0.2) is 0 Å². The number of aliphatic hydroxyl groups excluding tert-OH is 1. The van der Waals surface area contributed by atoms with Crippen molar-refractivity contribution in [2.45, 2.75) is 50.3 Å². The van der Waals surface area contributed by atoms with Crippen LogP contribution in [0.15, 0.2) is 28.1 Å². The molecule has 3 aliphatic heterocycles. The van der Waals surface area contributed by atoms with Gasteiger partial charge in [-0.15, -0.1) is 23.1 Å². The number of aliphatic carboxylic acids is 1.